The fourth-order valence-corrected chi connectivity index (χ4v) is 3.05. The molecule has 0 spiro atoms. The molecule has 1 aliphatic carbocycles. The van der Waals surface area contributed by atoms with Crippen LogP contribution in [0, 0.1) is 0 Å². The monoisotopic (exact) mass is 266 g/mol. The van der Waals surface area contributed by atoms with Gasteiger partial charge in [-0.1, -0.05) is 31.2 Å². The van der Waals surface area contributed by atoms with Gasteiger partial charge in [-0.25, -0.2) is 0 Å². The van der Waals surface area contributed by atoms with E-state index in [1.54, 1.807) is 0 Å². The SMILES string of the molecule is CCCNC1CCc2cc(Cc3cccnc3)ccc21. The van der Waals surface area contributed by atoms with Gasteiger partial charge in [-0.3, -0.25) is 4.98 Å². The molecule has 0 saturated carbocycles. The number of aryl methyl sites for hydroxylation is 1. The molecule has 104 valence electrons. The Hall–Kier alpha value is -1.67. The molecular formula is C18H22N2. The van der Waals surface area contributed by atoms with Crippen molar-refractivity contribution in [2.45, 2.75) is 38.6 Å². The van der Waals surface area contributed by atoms with Gasteiger partial charge in [-0.05, 0) is 60.5 Å². The van der Waals surface area contributed by atoms with Gasteiger partial charge in [-0.2, -0.15) is 0 Å². The van der Waals surface area contributed by atoms with Crippen molar-refractivity contribution in [3.8, 4) is 0 Å². The third kappa shape index (κ3) is 2.91. The molecule has 1 aromatic carbocycles. The van der Waals surface area contributed by atoms with Gasteiger partial charge in [0.2, 0.25) is 0 Å². The minimum atomic E-state index is 0.567. The van der Waals surface area contributed by atoms with Crippen LogP contribution in [0.5, 0.6) is 0 Å². The minimum absolute atomic E-state index is 0.567. The van der Waals surface area contributed by atoms with Crippen molar-refractivity contribution in [1.82, 2.24) is 10.3 Å². The van der Waals surface area contributed by atoms with Crippen LogP contribution in [0.2, 0.25) is 0 Å². The highest BCUT2D eigenvalue weighted by atomic mass is 14.9. The fraction of sp³-hybridized carbons (Fsp3) is 0.389. The molecule has 0 bridgehead atoms. The van der Waals surface area contributed by atoms with Crippen LogP contribution in [-0.4, -0.2) is 11.5 Å². The van der Waals surface area contributed by atoms with Gasteiger partial charge in [-0.15, -0.1) is 0 Å². The van der Waals surface area contributed by atoms with Gasteiger partial charge < -0.3 is 5.32 Å². The first-order chi connectivity index (χ1) is 9.86. The first-order valence-corrected chi connectivity index (χ1v) is 7.61. The molecule has 2 nitrogen and oxygen atoms in total. The summed E-state index contributed by atoms with van der Waals surface area (Å²) in [5.41, 5.74) is 5.72. The molecule has 0 amide bonds. The normalized spacial score (nSPS) is 17.1. The summed E-state index contributed by atoms with van der Waals surface area (Å²) in [6.07, 6.45) is 8.41. The van der Waals surface area contributed by atoms with Crippen molar-refractivity contribution in [1.29, 1.82) is 0 Å². The van der Waals surface area contributed by atoms with Gasteiger partial charge in [0.25, 0.3) is 0 Å². The van der Waals surface area contributed by atoms with E-state index in [-0.39, 0.29) is 0 Å². The number of hydrogen-bond acceptors (Lipinski definition) is 2. The third-order valence-corrected chi connectivity index (χ3v) is 4.06. The van der Waals surface area contributed by atoms with Crippen molar-refractivity contribution in [3.63, 3.8) is 0 Å². The van der Waals surface area contributed by atoms with E-state index in [1.165, 1.54) is 41.5 Å². The van der Waals surface area contributed by atoms with E-state index in [0.717, 1.165) is 13.0 Å². The van der Waals surface area contributed by atoms with Gasteiger partial charge in [0.1, 0.15) is 0 Å². The summed E-state index contributed by atoms with van der Waals surface area (Å²) in [5, 5.41) is 3.65. The number of nitrogens with one attached hydrogen (secondary N) is 1. The lowest BCUT2D eigenvalue weighted by Crippen LogP contribution is -2.19. The first-order valence-electron chi connectivity index (χ1n) is 7.61. The average Bonchev–Trinajstić information content (AvgIpc) is 2.88. The number of fused-ring (bicyclic) bond motifs is 1. The Labute approximate surface area is 121 Å². The summed E-state index contributed by atoms with van der Waals surface area (Å²) < 4.78 is 0. The third-order valence-electron chi connectivity index (χ3n) is 4.06. The van der Waals surface area contributed by atoms with Crippen LogP contribution in [-0.2, 0) is 12.8 Å². The Bertz CT molecular complexity index is 563. The molecule has 1 atom stereocenters. The standard InChI is InChI=1S/C18H22N2/c1-2-9-20-18-8-6-16-12-14(5-7-17(16)18)11-15-4-3-10-19-13-15/h3-5,7,10,12-13,18,20H,2,6,8-9,11H2,1H3. The van der Waals surface area contributed by atoms with E-state index in [9.17, 15) is 0 Å². The zero-order valence-corrected chi connectivity index (χ0v) is 12.1. The van der Waals surface area contributed by atoms with Crippen molar-refractivity contribution < 1.29 is 0 Å². The lowest BCUT2D eigenvalue weighted by molar-refractivity contribution is 0.529. The largest absolute Gasteiger partial charge is 0.310 e. The number of rotatable bonds is 5. The van der Waals surface area contributed by atoms with Crippen LogP contribution < -0.4 is 5.32 Å². The number of pyridine rings is 1. The van der Waals surface area contributed by atoms with E-state index >= 15 is 0 Å². The molecule has 3 rings (SSSR count). The highest BCUT2D eigenvalue weighted by molar-refractivity contribution is 5.39. The molecule has 0 saturated heterocycles. The fourth-order valence-electron chi connectivity index (χ4n) is 3.05. The van der Waals surface area contributed by atoms with Crippen molar-refractivity contribution >= 4 is 0 Å². The summed E-state index contributed by atoms with van der Waals surface area (Å²) in [7, 11) is 0. The Morgan fingerprint density at radius 3 is 3.00 bits per heavy atom. The molecule has 1 heterocycles. The average molecular weight is 266 g/mol. The lowest BCUT2D eigenvalue weighted by atomic mass is 10.0. The molecule has 1 aromatic heterocycles. The second-order valence-corrected chi connectivity index (χ2v) is 5.62. The molecular weight excluding hydrogens is 244 g/mol. The molecule has 2 aromatic rings. The zero-order valence-electron chi connectivity index (χ0n) is 12.1. The summed E-state index contributed by atoms with van der Waals surface area (Å²) >= 11 is 0. The highest BCUT2D eigenvalue weighted by Crippen LogP contribution is 2.32. The first kappa shape index (κ1) is 13.3. The molecule has 20 heavy (non-hydrogen) atoms. The predicted octanol–water partition coefficient (Wildman–Crippen LogP) is 3.66. The van der Waals surface area contributed by atoms with E-state index in [1.807, 2.05) is 18.5 Å². The molecule has 1 N–H and O–H groups in total. The Balaban J connectivity index is 1.74. The Kier molecular flexibility index (Phi) is 4.12. The second-order valence-electron chi connectivity index (χ2n) is 5.62. The quantitative estimate of drug-likeness (QED) is 0.893. The van der Waals surface area contributed by atoms with Crippen LogP contribution in [0.25, 0.3) is 0 Å². The number of hydrogen-bond donors (Lipinski definition) is 1. The van der Waals surface area contributed by atoms with Crippen molar-refractivity contribution in [3.05, 3.63) is 65.0 Å². The Morgan fingerprint density at radius 2 is 2.20 bits per heavy atom. The second kappa shape index (κ2) is 6.19. The predicted molar refractivity (Wildman–Crippen MR) is 82.8 cm³/mol. The summed E-state index contributed by atoms with van der Waals surface area (Å²) in [5.74, 6) is 0. The summed E-state index contributed by atoms with van der Waals surface area (Å²) in [4.78, 5) is 4.19. The van der Waals surface area contributed by atoms with Crippen LogP contribution in [0.1, 0.15) is 48.1 Å². The molecule has 0 fully saturated rings. The van der Waals surface area contributed by atoms with Gasteiger partial charge >= 0.3 is 0 Å². The van der Waals surface area contributed by atoms with E-state index in [4.69, 9.17) is 0 Å². The number of nitrogens with zero attached hydrogens (tertiary/aromatic N) is 1. The number of benzene rings is 1. The minimum Gasteiger partial charge on any atom is -0.310 e. The lowest BCUT2D eigenvalue weighted by Gasteiger charge is -2.13. The maximum atomic E-state index is 4.19. The Morgan fingerprint density at radius 1 is 1.25 bits per heavy atom. The van der Waals surface area contributed by atoms with Crippen LogP contribution in [0.15, 0.2) is 42.7 Å². The van der Waals surface area contributed by atoms with Crippen molar-refractivity contribution in [2.75, 3.05) is 6.54 Å². The molecule has 0 radical (unpaired) electrons. The van der Waals surface area contributed by atoms with Crippen LogP contribution >= 0.6 is 0 Å². The summed E-state index contributed by atoms with van der Waals surface area (Å²) in [6.45, 7) is 3.33. The van der Waals surface area contributed by atoms with Crippen LogP contribution in [0.3, 0.4) is 0 Å². The highest BCUT2D eigenvalue weighted by Gasteiger charge is 2.21. The van der Waals surface area contributed by atoms with Gasteiger partial charge in [0, 0.05) is 18.4 Å². The molecule has 2 heteroatoms. The van der Waals surface area contributed by atoms with E-state index in [0.29, 0.717) is 6.04 Å². The molecule has 1 aliphatic rings. The maximum Gasteiger partial charge on any atom is 0.0326 e. The number of aromatic nitrogens is 1. The molecule has 1 unspecified atom stereocenters. The summed E-state index contributed by atoms with van der Waals surface area (Å²) in [6, 6.07) is 11.7. The zero-order chi connectivity index (χ0) is 13.8. The van der Waals surface area contributed by atoms with E-state index in [2.05, 4.69) is 41.5 Å². The molecule has 0 aliphatic heterocycles. The maximum absolute atomic E-state index is 4.19. The smallest absolute Gasteiger partial charge is 0.0326 e. The van der Waals surface area contributed by atoms with E-state index < -0.39 is 0 Å². The van der Waals surface area contributed by atoms with Crippen LogP contribution in [0.4, 0.5) is 0 Å². The topological polar surface area (TPSA) is 24.9 Å². The van der Waals surface area contributed by atoms with Gasteiger partial charge in [0.15, 0.2) is 0 Å². The van der Waals surface area contributed by atoms with Gasteiger partial charge in [0.05, 0.1) is 0 Å². The van der Waals surface area contributed by atoms with Crippen molar-refractivity contribution in [2.24, 2.45) is 0 Å².